The van der Waals surface area contributed by atoms with Crippen LogP contribution in [0.3, 0.4) is 0 Å². The van der Waals surface area contributed by atoms with Crippen molar-refractivity contribution < 1.29 is 0 Å². The first kappa shape index (κ1) is 9.90. The van der Waals surface area contributed by atoms with E-state index in [1.165, 1.54) is 0 Å². The van der Waals surface area contributed by atoms with Crippen LogP contribution in [-0.4, -0.2) is 15.0 Å². The predicted octanol–water partition coefficient (Wildman–Crippen LogP) is 2.77. The molecule has 0 amide bonds. The second-order valence-electron chi connectivity index (χ2n) is 4.64. The van der Waals surface area contributed by atoms with Crippen molar-refractivity contribution in [1.82, 2.24) is 15.0 Å². The zero-order valence-corrected chi connectivity index (χ0v) is 9.28. The Balaban J connectivity index is 2.37. The molecule has 0 aliphatic rings. The standard InChI is InChI=1S/C12H15N3/c1-12(2,3)11-14-8-10(15-11)9-5-4-6-13-7-9/h4-8H,1-3H3,(H,14,15). The third-order valence-electron chi connectivity index (χ3n) is 2.26. The van der Waals surface area contributed by atoms with Gasteiger partial charge in [-0.25, -0.2) is 4.98 Å². The van der Waals surface area contributed by atoms with Crippen molar-refractivity contribution in [3.63, 3.8) is 0 Å². The quantitative estimate of drug-likeness (QED) is 0.770. The average Bonchev–Trinajstić information content (AvgIpc) is 2.67. The van der Waals surface area contributed by atoms with Gasteiger partial charge in [0.1, 0.15) is 5.82 Å². The molecule has 2 heterocycles. The van der Waals surface area contributed by atoms with Gasteiger partial charge in [0, 0.05) is 23.4 Å². The van der Waals surface area contributed by atoms with E-state index in [4.69, 9.17) is 0 Å². The maximum Gasteiger partial charge on any atom is 0.111 e. The minimum Gasteiger partial charge on any atom is -0.342 e. The summed E-state index contributed by atoms with van der Waals surface area (Å²) in [7, 11) is 0. The average molecular weight is 201 g/mol. The number of aromatic amines is 1. The summed E-state index contributed by atoms with van der Waals surface area (Å²) in [4.78, 5) is 11.8. The molecule has 78 valence electrons. The molecule has 2 aromatic rings. The summed E-state index contributed by atoms with van der Waals surface area (Å²) in [5.74, 6) is 1.00. The van der Waals surface area contributed by atoms with E-state index in [0.717, 1.165) is 17.1 Å². The van der Waals surface area contributed by atoms with Crippen molar-refractivity contribution in [1.29, 1.82) is 0 Å². The zero-order chi connectivity index (χ0) is 10.9. The van der Waals surface area contributed by atoms with Gasteiger partial charge in [0.05, 0.1) is 11.9 Å². The number of hydrogen-bond acceptors (Lipinski definition) is 2. The van der Waals surface area contributed by atoms with Crippen molar-refractivity contribution in [2.24, 2.45) is 0 Å². The third-order valence-corrected chi connectivity index (χ3v) is 2.26. The van der Waals surface area contributed by atoms with E-state index >= 15 is 0 Å². The highest BCUT2D eigenvalue weighted by molar-refractivity contribution is 5.56. The van der Waals surface area contributed by atoms with Crippen LogP contribution in [0.2, 0.25) is 0 Å². The van der Waals surface area contributed by atoms with E-state index in [1.54, 1.807) is 6.20 Å². The Kier molecular flexibility index (Phi) is 2.31. The van der Waals surface area contributed by atoms with E-state index in [9.17, 15) is 0 Å². The zero-order valence-electron chi connectivity index (χ0n) is 9.28. The van der Waals surface area contributed by atoms with Crippen LogP contribution in [0.5, 0.6) is 0 Å². The van der Waals surface area contributed by atoms with E-state index in [-0.39, 0.29) is 5.41 Å². The summed E-state index contributed by atoms with van der Waals surface area (Å²) in [5, 5.41) is 0. The second-order valence-corrected chi connectivity index (χ2v) is 4.64. The lowest BCUT2D eigenvalue weighted by molar-refractivity contribution is 0.553. The molecule has 0 spiro atoms. The molecule has 0 atom stereocenters. The number of aromatic nitrogens is 3. The highest BCUT2D eigenvalue weighted by Crippen LogP contribution is 2.22. The maximum atomic E-state index is 4.38. The number of hydrogen-bond donors (Lipinski definition) is 1. The molecular weight excluding hydrogens is 186 g/mol. The van der Waals surface area contributed by atoms with Crippen LogP contribution in [-0.2, 0) is 5.41 Å². The Bertz CT molecular complexity index is 437. The molecule has 0 radical (unpaired) electrons. The van der Waals surface area contributed by atoms with E-state index in [2.05, 4.69) is 35.7 Å². The van der Waals surface area contributed by atoms with E-state index in [1.807, 2.05) is 24.5 Å². The molecule has 3 heteroatoms. The molecule has 0 aliphatic heterocycles. The number of rotatable bonds is 1. The molecule has 0 bridgehead atoms. The predicted molar refractivity (Wildman–Crippen MR) is 60.5 cm³/mol. The molecule has 0 fully saturated rings. The van der Waals surface area contributed by atoms with Gasteiger partial charge in [-0.1, -0.05) is 20.8 Å². The number of nitrogens with zero attached hydrogens (tertiary/aromatic N) is 2. The molecule has 0 saturated carbocycles. The first-order valence-electron chi connectivity index (χ1n) is 5.03. The molecule has 2 aromatic heterocycles. The summed E-state index contributed by atoms with van der Waals surface area (Å²) in [6.45, 7) is 6.41. The summed E-state index contributed by atoms with van der Waals surface area (Å²) < 4.78 is 0. The van der Waals surface area contributed by atoms with Gasteiger partial charge in [-0.3, -0.25) is 4.98 Å². The fourth-order valence-corrected chi connectivity index (χ4v) is 1.37. The lowest BCUT2D eigenvalue weighted by Crippen LogP contribution is -2.13. The van der Waals surface area contributed by atoms with Crippen molar-refractivity contribution >= 4 is 0 Å². The van der Waals surface area contributed by atoms with Crippen LogP contribution in [0.4, 0.5) is 0 Å². The van der Waals surface area contributed by atoms with Gasteiger partial charge < -0.3 is 4.98 Å². The van der Waals surface area contributed by atoms with Crippen molar-refractivity contribution in [2.75, 3.05) is 0 Å². The number of nitrogens with one attached hydrogen (secondary N) is 1. The molecule has 0 aromatic carbocycles. The van der Waals surface area contributed by atoms with Crippen LogP contribution < -0.4 is 0 Å². The molecule has 15 heavy (non-hydrogen) atoms. The van der Waals surface area contributed by atoms with Gasteiger partial charge in [-0.15, -0.1) is 0 Å². The van der Waals surface area contributed by atoms with Crippen LogP contribution in [0.1, 0.15) is 26.6 Å². The van der Waals surface area contributed by atoms with Gasteiger partial charge >= 0.3 is 0 Å². The van der Waals surface area contributed by atoms with Gasteiger partial charge in [0.25, 0.3) is 0 Å². The van der Waals surface area contributed by atoms with Crippen molar-refractivity contribution in [3.05, 3.63) is 36.5 Å². The van der Waals surface area contributed by atoms with Crippen LogP contribution >= 0.6 is 0 Å². The summed E-state index contributed by atoms with van der Waals surface area (Å²) in [6.07, 6.45) is 5.46. The number of imidazole rings is 1. The third kappa shape index (κ3) is 2.06. The SMILES string of the molecule is CC(C)(C)c1ncc(-c2cccnc2)[nH]1. The lowest BCUT2D eigenvalue weighted by Gasteiger charge is -2.14. The second kappa shape index (κ2) is 3.50. The fourth-order valence-electron chi connectivity index (χ4n) is 1.37. The topological polar surface area (TPSA) is 41.6 Å². The Morgan fingerprint density at radius 2 is 2.00 bits per heavy atom. The monoisotopic (exact) mass is 201 g/mol. The van der Waals surface area contributed by atoms with Gasteiger partial charge in [-0.2, -0.15) is 0 Å². The highest BCUT2D eigenvalue weighted by Gasteiger charge is 2.17. The van der Waals surface area contributed by atoms with Crippen LogP contribution in [0.15, 0.2) is 30.7 Å². The summed E-state index contributed by atoms with van der Waals surface area (Å²) >= 11 is 0. The first-order chi connectivity index (χ1) is 7.07. The van der Waals surface area contributed by atoms with Gasteiger partial charge in [0.2, 0.25) is 0 Å². The lowest BCUT2D eigenvalue weighted by atomic mass is 9.96. The summed E-state index contributed by atoms with van der Waals surface area (Å²) in [5.41, 5.74) is 2.15. The Labute approximate surface area is 89.6 Å². The van der Waals surface area contributed by atoms with Gasteiger partial charge in [-0.05, 0) is 12.1 Å². The van der Waals surface area contributed by atoms with E-state index in [0.29, 0.717) is 0 Å². The van der Waals surface area contributed by atoms with Crippen LogP contribution in [0.25, 0.3) is 11.3 Å². The van der Waals surface area contributed by atoms with Crippen molar-refractivity contribution in [2.45, 2.75) is 26.2 Å². The molecule has 2 rings (SSSR count). The molecule has 1 N–H and O–H groups in total. The number of pyridine rings is 1. The minimum atomic E-state index is 0.0560. The molecule has 0 unspecified atom stereocenters. The Hall–Kier alpha value is -1.64. The minimum absolute atomic E-state index is 0.0560. The first-order valence-corrected chi connectivity index (χ1v) is 5.03. The molecule has 0 aliphatic carbocycles. The van der Waals surface area contributed by atoms with Crippen LogP contribution in [0, 0.1) is 0 Å². The van der Waals surface area contributed by atoms with Crippen molar-refractivity contribution in [3.8, 4) is 11.3 Å². The Morgan fingerprint density at radius 1 is 1.20 bits per heavy atom. The molecule has 3 nitrogen and oxygen atoms in total. The molecular formula is C12H15N3. The highest BCUT2D eigenvalue weighted by atomic mass is 14.9. The Morgan fingerprint density at radius 3 is 2.53 bits per heavy atom. The summed E-state index contributed by atoms with van der Waals surface area (Å²) in [6, 6.07) is 3.94. The van der Waals surface area contributed by atoms with E-state index < -0.39 is 0 Å². The smallest absolute Gasteiger partial charge is 0.111 e. The number of H-pyrrole nitrogens is 1. The fraction of sp³-hybridized carbons (Fsp3) is 0.333. The maximum absolute atomic E-state index is 4.38. The van der Waals surface area contributed by atoms with Gasteiger partial charge in [0.15, 0.2) is 0 Å². The largest absolute Gasteiger partial charge is 0.342 e. The molecule has 0 saturated heterocycles. The normalized spacial score (nSPS) is 11.7.